The number of carboxylic acid groups (broad SMARTS) is 1. The van der Waals surface area contributed by atoms with Crippen LogP contribution >= 0.6 is 11.6 Å². The highest BCUT2D eigenvalue weighted by Crippen LogP contribution is 2.38. The molecule has 5 heteroatoms. The largest absolute Gasteiger partial charge is 0.493 e. The van der Waals surface area contributed by atoms with E-state index < -0.39 is 5.97 Å². The molecule has 1 aromatic rings. The van der Waals surface area contributed by atoms with Gasteiger partial charge in [0.1, 0.15) is 0 Å². The average Bonchev–Trinajstić information content (AvgIpc) is 3.10. The van der Waals surface area contributed by atoms with Crippen LogP contribution in [0, 0.1) is 5.92 Å². The molecule has 0 saturated heterocycles. The van der Waals surface area contributed by atoms with E-state index in [9.17, 15) is 4.79 Å². The van der Waals surface area contributed by atoms with Crippen molar-refractivity contribution < 1.29 is 19.4 Å². The van der Waals surface area contributed by atoms with Crippen molar-refractivity contribution in [3.8, 4) is 11.5 Å². The van der Waals surface area contributed by atoms with Crippen molar-refractivity contribution in [3.05, 3.63) is 22.7 Å². The molecule has 92 valence electrons. The number of carboxylic acids is 1. The van der Waals surface area contributed by atoms with E-state index in [-0.39, 0.29) is 10.6 Å². The van der Waals surface area contributed by atoms with Crippen molar-refractivity contribution in [1.82, 2.24) is 0 Å². The zero-order valence-electron chi connectivity index (χ0n) is 9.40. The molecule has 1 aliphatic rings. The number of ether oxygens (including phenoxy) is 2. The lowest BCUT2D eigenvalue weighted by Gasteiger charge is -2.12. The van der Waals surface area contributed by atoms with E-state index in [1.807, 2.05) is 0 Å². The van der Waals surface area contributed by atoms with Crippen LogP contribution < -0.4 is 9.47 Å². The van der Waals surface area contributed by atoms with Gasteiger partial charge in [-0.15, -0.1) is 0 Å². The molecule has 1 fully saturated rings. The van der Waals surface area contributed by atoms with E-state index in [2.05, 4.69) is 0 Å². The highest BCUT2D eigenvalue weighted by molar-refractivity contribution is 6.32. The van der Waals surface area contributed by atoms with Crippen LogP contribution in [0.5, 0.6) is 11.5 Å². The maximum Gasteiger partial charge on any atom is 0.335 e. The van der Waals surface area contributed by atoms with Crippen molar-refractivity contribution in [2.75, 3.05) is 13.7 Å². The third-order valence-corrected chi connectivity index (χ3v) is 2.92. The van der Waals surface area contributed by atoms with Crippen molar-refractivity contribution in [2.45, 2.75) is 12.8 Å². The number of hydrogen-bond donors (Lipinski definition) is 1. The fourth-order valence-corrected chi connectivity index (χ4v) is 1.73. The lowest BCUT2D eigenvalue weighted by Crippen LogP contribution is -2.04. The van der Waals surface area contributed by atoms with E-state index >= 15 is 0 Å². The Morgan fingerprint density at radius 2 is 2.24 bits per heavy atom. The number of rotatable bonds is 5. The normalized spacial score (nSPS) is 14.5. The highest BCUT2D eigenvalue weighted by Gasteiger charge is 2.23. The van der Waals surface area contributed by atoms with Crippen LogP contribution in [-0.4, -0.2) is 24.8 Å². The first-order valence-corrected chi connectivity index (χ1v) is 5.73. The molecule has 0 radical (unpaired) electrons. The standard InChI is InChI=1S/C12H13ClO4/c1-16-10-5-8(12(14)15)4-9(13)11(10)17-6-7-2-3-7/h4-5,7H,2-3,6H2,1H3,(H,14,15). The lowest BCUT2D eigenvalue weighted by molar-refractivity contribution is 0.0696. The smallest absolute Gasteiger partial charge is 0.335 e. The third kappa shape index (κ3) is 2.82. The van der Waals surface area contributed by atoms with Crippen molar-refractivity contribution in [2.24, 2.45) is 5.92 Å². The summed E-state index contributed by atoms with van der Waals surface area (Å²) in [6.45, 7) is 0.600. The summed E-state index contributed by atoms with van der Waals surface area (Å²) in [4.78, 5) is 10.9. The molecule has 2 rings (SSSR count). The summed E-state index contributed by atoms with van der Waals surface area (Å²) in [5.41, 5.74) is 0.0885. The second-order valence-electron chi connectivity index (χ2n) is 4.05. The van der Waals surface area contributed by atoms with Gasteiger partial charge < -0.3 is 14.6 Å². The van der Waals surface area contributed by atoms with Gasteiger partial charge in [-0.3, -0.25) is 0 Å². The van der Waals surface area contributed by atoms with Gasteiger partial charge in [0, 0.05) is 0 Å². The molecule has 0 atom stereocenters. The number of methoxy groups -OCH3 is 1. The second-order valence-corrected chi connectivity index (χ2v) is 4.46. The molecule has 0 amide bonds. The summed E-state index contributed by atoms with van der Waals surface area (Å²) in [7, 11) is 1.46. The fraction of sp³-hybridized carbons (Fsp3) is 0.417. The number of benzene rings is 1. The maximum atomic E-state index is 10.9. The van der Waals surface area contributed by atoms with E-state index in [1.54, 1.807) is 0 Å². The van der Waals surface area contributed by atoms with Gasteiger partial charge in [0.15, 0.2) is 11.5 Å². The number of halogens is 1. The Balaban J connectivity index is 2.25. The molecule has 1 saturated carbocycles. The van der Waals surface area contributed by atoms with E-state index in [1.165, 1.54) is 32.1 Å². The minimum Gasteiger partial charge on any atom is -0.493 e. The molecule has 4 nitrogen and oxygen atoms in total. The average molecular weight is 257 g/mol. The van der Waals surface area contributed by atoms with Crippen molar-refractivity contribution in [3.63, 3.8) is 0 Å². The predicted molar refractivity (Wildman–Crippen MR) is 63.2 cm³/mol. The van der Waals surface area contributed by atoms with Crippen LogP contribution in [0.25, 0.3) is 0 Å². The summed E-state index contributed by atoms with van der Waals surface area (Å²) in [6, 6.07) is 2.78. The molecule has 0 spiro atoms. The summed E-state index contributed by atoms with van der Waals surface area (Å²) in [6.07, 6.45) is 2.35. The number of carbonyl (C=O) groups is 1. The molecule has 0 heterocycles. The molecule has 1 N–H and O–H groups in total. The first kappa shape index (κ1) is 12.0. The first-order chi connectivity index (χ1) is 8.11. The summed E-state index contributed by atoms with van der Waals surface area (Å²) >= 11 is 5.99. The van der Waals surface area contributed by atoms with Crippen LogP contribution in [0.1, 0.15) is 23.2 Å². The lowest BCUT2D eigenvalue weighted by atomic mass is 10.2. The Morgan fingerprint density at radius 3 is 2.76 bits per heavy atom. The third-order valence-electron chi connectivity index (χ3n) is 2.64. The van der Waals surface area contributed by atoms with Gasteiger partial charge in [0.05, 0.1) is 24.3 Å². The number of hydrogen-bond acceptors (Lipinski definition) is 3. The van der Waals surface area contributed by atoms with E-state index in [4.69, 9.17) is 26.2 Å². The zero-order chi connectivity index (χ0) is 12.4. The Morgan fingerprint density at radius 1 is 1.53 bits per heavy atom. The Labute approximate surface area is 104 Å². The quantitative estimate of drug-likeness (QED) is 0.880. The Bertz CT molecular complexity index is 440. The highest BCUT2D eigenvalue weighted by atomic mass is 35.5. The van der Waals surface area contributed by atoms with Gasteiger partial charge in [0.2, 0.25) is 0 Å². The minimum absolute atomic E-state index is 0.0885. The van der Waals surface area contributed by atoms with Gasteiger partial charge in [0.25, 0.3) is 0 Å². The molecular formula is C12H13ClO4. The predicted octanol–water partition coefficient (Wildman–Crippen LogP) is 2.84. The maximum absolute atomic E-state index is 10.9. The molecule has 0 bridgehead atoms. The molecule has 1 aliphatic carbocycles. The molecule has 0 aliphatic heterocycles. The van der Waals surface area contributed by atoms with Crippen LogP contribution in [0.15, 0.2) is 12.1 Å². The van der Waals surface area contributed by atoms with Crippen LogP contribution in [0.3, 0.4) is 0 Å². The zero-order valence-corrected chi connectivity index (χ0v) is 10.2. The molecule has 0 unspecified atom stereocenters. The molecule has 1 aromatic carbocycles. The SMILES string of the molecule is COc1cc(C(=O)O)cc(Cl)c1OCC1CC1. The van der Waals surface area contributed by atoms with Crippen molar-refractivity contribution >= 4 is 17.6 Å². The van der Waals surface area contributed by atoms with Crippen LogP contribution in [0.2, 0.25) is 5.02 Å². The Hall–Kier alpha value is -1.42. The monoisotopic (exact) mass is 256 g/mol. The molecular weight excluding hydrogens is 244 g/mol. The summed E-state index contributed by atoms with van der Waals surface area (Å²) in [5.74, 6) is 0.329. The first-order valence-electron chi connectivity index (χ1n) is 5.35. The van der Waals surface area contributed by atoms with Gasteiger partial charge in [-0.2, -0.15) is 0 Å². The van der Waals surface area contributed by atoms with E-state index in [0.717, 1.165) is 0 Å². The summed E-state index contributed by atoms with van der Waals surface area (Å²) < 4.78 is 10.7. The second kappa shape index (κ2) is 4.84. The molecule has 17 heavy (non-hydrogen) atoms. The molecule has 0 aromatic heterocycles. The topological polar surface area (TPSA) is 55.8 Å². The van der Waals surface area contributed by atoms with Crippen LogP contribution in [-0.2, 0) is 0 Å². The van der Waals surface area contributed by atoms with Gasteiger partial charge in [-0.05, 0) is 30.9 Å². The Kier molecular flexibility index (Phi) is 3.43. The van der Waals surface area contributed by atoms with Crippen molar-refractivity contribution in [1.29, 1.82) is 0 Å². The van der Waals surface area contributed by atoms with Crippen LogP contribution in [0.4, 0.5) is 0 Å². The fourth-order valence-electron chi connectivity index (χ4n) is 1.47. The minimum atomic E-state index is -1.04. The van der Waals surface area contributed by atoms with Gasteiger partial charge >= 0.3 is 5.97 Å². The number of aromatic carboxylic acids is 1. The summed E-state index contributed by atoms with van der Waals surface area (Å²) in [5, 5.41) is 9.16. The van der Waals surface area contributed by atoms with E-state index in [0.29, 0.717) is 24.0 Å². The van der Waals surface area contributed by atoms with Gasteiger partial charge in [-0.25, -0.2) is 4.79 Å². The van der Waals surface area contributed by atoms with Gasteiger partial charge in [-0.1, -0.05) is 11.6 Å².